The van der Waals surface area contributed by atoms with Gasteiger partial charge in [-0.2, -0.15) is 5.10 Å². The Morgan fingerprint density at radius 1 is 1.27 bits per heavy atom. The number of hydrogen-bond donors (Lipinski definition) is 2. The molecule has 5 nitrogen and oxygen atoms in total. The van der Waals surface area contributed by atoms with E-state index in [0.717, 1.165) is 27.7 Å². The highest BCUT2D eigenvalue weighted by atomic mass is 32.1. The number of nitrogens with zero attached hydrogens (tertiary/aromatic N) is 2. The number of carbonyl (C=O) groups is 1. The lowest BCUT2D eigenvalue weighted by Crippen LogP contribution is -2.17. The Labute approximate surface area is 131 Å². The van der Waals surface area contributed by atoms with Crippen LogP contribution in [0.25, 0.3) is 10.8 Å². The second kappa shape index (κ2) is 5.95. The van der Waals surface area contributed by atoms with Crippen LogP contribution in [0.5, 0.6) is 0 Å². The smallest absolute Gasteiger partial charge is 0.283 e. The van der Waals surface area contributed by atoms with Gasteiger partial charge in [0.1, 0.15) is 4.88 Å². The molecule has 0 aliphatic rings. The number of anilines is 1. The number of nitrogen functional groups attached to an aromatic ring is 1. The van der Waals surface area contributed by atoms with Crippen LogP contribution in [-0.4, -0.2) is 17.1 Å². The second-order valence-electron chi connectivity index (χ2n) is 4.73. The Kier molecular flexibility index (Phi) is 3.84. The summed E-state index contributed by atoms with van der Waals surface area (Å²) in [7, 11) is 0. The number of aromatic nitrogens is 1. The van der Waals surface area contributed by atoms with Gasteiger partial charge in [0.2, 0.25) is 0 Å². The maximum absolute atomic E-state index is 12.0. The third-order valence-corrected chi connectivity index (χ3v) is 4.20. The summed E-state index contributed by atoms with van der Waals surface area (Å²) in [5, 5.41) is 6.62. The van der Waals surface area contributed by atoms with E-state index in [1.54, 1.807) is 13.1 Å². The van der Waals surface area contributed by atoms with E-state index in [1.165, 1.54) is 0 Å². The molecule has 0 saturated carbocycles. The van der Waals surface area contributed by atoms with Crippen molar-refractivity contribution in [1.82, 2.24) is 10.4 Å². The number of thiazole rings is 1. The van der Waals surface area contributed by atoms with E-state index in [2.05, 4.69) is 15.5 Å². The number of rotatable bonds is 3. The Morgan fingerprint density at radius 2 is 2.05 bits per heavy atom. The number of fused-ring (bicyclic) bond motifs is 1. The van der Waals surface area contributed by atoms with Crippen LogP contribution in [0.2, 0.25) is 0 Å². The summed E-state index contributed by atoms with van der Waals surface area (Å²) >= 11 is 1.15. The molecular weight excluding hydrogens is 296 g/mol. The third kappa shape index (κ3) is 2.82. The third-order valence-electron chi connectivity index (χ3n) is 3.21. The summed E-state index contributed by atoms with van der Waals surface area (Å²) in [4.78, 5) is 16.5. The molecule has 0 bridgehead atoms. The first kappa shape index (κ1) is 14.2. The fourth-order valence-corrected chi connectivity index (χ4v) is 2.93. The molecule has 0 aliphatic carbocycles. The zero-order chi connectivity index (χ0) is 15.5. The fraction of sp³-hybridized carbons (Fsp3) is 0.0625. The average Bonchev–Trinajstić information content (AvgIpc) is 2.86. The summed E-state index contributed by atoms with van der Waals surface area (Å²) in [5.74, 6) is -0.303. The molecule has 0 aliphatic heterocycles. The predicted octanol–water partition coefficient (Wildman–Crippen LogP) is 2.95. The van der Waals surface area contributed by atoms with Crippen molar-refractivity contribution in [2.45, 2.75) is 6.92 Å². The zero-order valence-corrected chi connectivity index (χ0v) is 12.7. The monoisotopic (exact) mass is 310 g/mol. The lowest BCUT2D eigenvalue weighted by Gasteiger charge is -2.01. The maximum atomic E-state index is 12.0. The van der Waals surface area contributed by atoms with Crippen LogP contribution in [0.3, 0.4) is 0 Å². The van der Waals surface area contributed by atoms with Gasteiger partial charge in [-0.1, -0.05) is 53.8 Å². The standard InChI is InChI=1S/C16H14N4OS/c1-10-14(22-16(17)19-10)15(21)20-18-9-12-7-4-6-11-5-2-3-8-13(11)12/h2-9H,1H3,(H2,17,19)(H,20,21)/b18-9+. The van der Waals surface area contributed by atoms with Crippen LogP contribution in [0, 0.1) is 6.92 Å². The van der Waals surface area contributed by atoms with Gasteiger partial charge in [0.05, 0.1) is 11.9 Å². The van der Waals surface area contributed by atoms with Crippen molar-refractivity contribution in [3.63, 3.8) is 0 Å². The van der Waals surface area contributed by atoms with Gasteiger partial charge in [-0.3, -0.25) is 4.79 Å². The molecule has 3 N–H and O–H groups in total. The molecule has 0 atom stereocenters. The molecule has 0 radical (unpaired) electrons. The van der Waals surface area contributed by atoms with Crippen molar-refractivity contribution in [2.24, 2.45) is 5.10 Å². The number of aryl methyl sites for hydroxylation is 1. The van der Waals surface area contributed by atoms with Gasteiger partial charge in [0, 0.05) is 5.56 Å². The average molecular weight is 310 g/mol. The highest BCUT2D eigenvalue weighted by Gasteiger charge is 2.13. The van der Waals surface area contributed by atoms with E-state index in [1.807, 2.05) is 42.5 Å². The fourth-order valence-electron chi connectivity index (χ4n) is 2.20. The Hall–Kier alpha value is -2.73. The van der Waals surface area contributed by atoms with Gasteiger partial charge in [-0.25, -0.2) is 10.4 Å². The first-order valence-corrected chi connectivity index (χ1v) is 7.51. The summed E-state index contributed by atoms with van der Waals surface area (Å²) in [6, 6.07) is 14.0. The summed E-state index contributed by atoms with van der Waals surface area (Å²) in [6.07, 6.45) is 1.64. The molecule has 110 valence electrons. The molecule has 3 aromatic rings. The number of hydrogen-bond acceptors (Lipinski definition) is 5. The Balaban J connectivity index is 1.79. The van der Waals surface area contributed by atoms with Crippen molar-refractivity contribution in [3.8, 4) is 0 Å². The molecule has 0 unspecified atom stereocenters. The van der Waals surface area contributed by atoms with Gasteiger partial charge >= 0.3 is 0 Å². The van der Waals surface area contributed by atoms with Gasteiger partial charge in [-0.05, 0) is 17.7 Å². The number of carbonyl (C=O) groups excluding carboxylic acids is 1. The molecule has 2 aromatic carbocycles. The Bertz CT molecular complexity index is 864. The molecule has 0 saturated heterocycles. The van der Waals surface area contributed by atoms with E-state index < -0.39 is 0 Å². The number of nitrogens with one attached hydrogen (secondary N) is 1. The molecule has 0 fully saturated rings. The van der Waals surface area contributed by atoms with Crippen LogP contribution in [0.15, 0.2) is 47.6 Å². The summed E-state index contributed by atoms with van der Waals surface area (Å²) in [6.45, 7) is 1.75. The lowest BCUT2D eigenvalue weighted by atomic mass is 10.1. The van der Waals surface area contributed by atoms with Crippen molar-refractivity contribution in [2.75, 3.05) is 5.73 Å². The minimum Gasteiger partial charge on any atom is -0.375 e. The molecule has 3 rings (SSSR count). The lowest BCUT2D eigenvalue weighted by molar-refractivity contribution is 0.0958. The normalized spacial score (nSPS) is 11.1. The molecule has 1 aromatic heterocycles. The van der Waals surface area contributed by atoms with E-state index in [9.17, 15) is 4.79 Å². The molecule has 0 spiro atoms. The van der Waals surface area contributed by atoms with E-state index in [-0.39, 0.29) is 5.91 Å². The molecule has 22 heavy (non-hydrogen) atoms. The van der Waals surface area contributed by atoms with E-state index >= 15 is 0 Å². The SMILES string of the molecule is Cc1nc(N)sc1C(=O)N/N=C/c1cccc2ccccc12. The minimum atomic E-state index is -0.303. The number of amides is 1. The maximum Gasteiger partial charge on any atom is 0.283 e. The first-order chi connectivity index (χ1) is 10.6. The van der Waals surface area contributed by atoms with Crippen molar-refractivity contribution < 1.29 is 4.79 Å². The summed E-state index contributed by atoms with van der Waals surface area (Å²) in [5.41, 5.74) is 9.65. The quantitative estimate of drug-likeness (QED) is 0.576. The topological polar surface area (TPSA) is 80.4 Å². The number of hydrazone groups is 1. The zero-order valence-electron chi connectivity index (χ0n) is 11.9. The van der Waals surface area contributed by atoms with E-state index in [4.69, 9.17) is 5.73 Å². The van der Waals surface area contributed by atoms with Gasteiger partial charge in [0.15, 0.2) is 5.13 Å². The summed E-state index contributed by atoms with van der Waals surface area (Å²) < 4.78 is 0. The van der Waals surface area contributed by atoms with E-state index in [0.29, 0.717) is 15.7 Å². The van der Waals surface area contributed by atoms with Crippen LogP contribution < -0.4 is 11.2 Å². The second-order valence-corrected chi connectivity index (χ2v) is 5.76. The van der Waals surface area contributed by atoms with Crippen molar-refractivity contribution >= 4 is 39.4 Å². The highest BCUT2D eigenvalue weighted by molar-refractivity contribution is 7.17. The van der Waals surface area contributed by atoms with Crippen LogP contribution in [0.1, 0.15) is 20.9 Å². The molecular formula is C16H14N4OS. The largest absolute Gasteiger partial charge is 0.375 e. The van der Waals surface area contributed by atoms with Crippen molar-refractivity contribution in [1.29, 1.82) is 0 Å². The van der Waals surface area contributed by atoms with Gasteiger partial charge < -0.3 is 5.73 Å². The Morgan fingerprint density at radius 3 is 2.82 bits per heavy atom. The minimum absolute atomic E-state index is 0.303. The first-order valence-electron chi connectivity index (χ1n) is 6.69. The predicted molar refractivity (Wildman–Crippen MR) is 90.3 cm³/mol. The van der Waals surface area contributed by atoms with Crippen LogP contribution in [0.4, 0.5) is 5.13 Å². The van der Waals surface area contributed by atoms with Crippen molar-refractivity contribution in [3.05, 3.63) is 58.6 Å². The van der Waals surface area contributed by atoms with Gasteiger partial charge in [-0.15, -0.1) is 0 Å². The molecule has 1 heterocycles. The molecule has 6 heteroatoms. The number of nitrogens with two attached hydrogens (primary N) is 1. The van der Waals surface area contributed by atoms with Gasteiger partial charge in [0.25, 0.3) is 5.91 Å². The van der Waals surface area contributed by atoms with Crippen LogP contribution in [-0.2, 0) is 0 Å². The highest BCUT2D eigenvalue weighted by Crippen LogP contribution is 2.19. The number of benzene rings is 2. The van der Waals surface area contributed by atoms with Crippen LogP contribution >= 0.6 is 11.3 Å². The molecule has 1 amide bonds.